The normalized spacial score (nSPS) is 20.3. The maximum absolute atomic E-state index is 12.5. The molecule has 0 saturated carbocycles. The third-order valence-electron chi connectivity index (χ3n) is 3.97. The highest BCUT2D eigenvalue weighted by Crippen LogP contribution is 2.41. The number of hydrogen-bond acceptors (Lipinski definition) is 4. The smallest absolute Gasteiger partial charge is 0.410 e. The first-order valence-corrected chi connectivity index (χ1v) is 7.86. The first kappa shape index (κ1) is 15.9. The molecule has 2 amide bonds. The van der Waals surface area contributed by atoms with E-state index in [1.807, 2.05) is 20.8 Å². The van der Waals surface area contributed by atoms with Crippen LogP contribution in [0.4, 0.5) is 4.79 Å². The third kappa shape index (κ3) is 2.83. The van der Waals surface area contributed by atoms with Crippen molar-refractivity contribution in [1.29, 1.82) is 0 Å². The molecule has 1 atom stereocenters. The minimum absolute atomic E-state index is 0.0118. The van der Waals surface area contributed by atoms with Crippen molar-refractivity contribution in [2.45, 2.75) is 32.4 Å². The average Bonchev–Trinajstić information content (AvgIpc) is 2.70. The van der Waals surface area contributed by atoms with Crippen molar-refractivity contribution >= 4 is 23.6 Å². The van der Waals surface area contributed by atoms with Crippen molar-refractivity contribution in [2.24, 2.45) is 0 Å². The molecule has 2 aliphatic rings. The number of amides is 2. The Bertz CT molecular complexity index is 683. The third-order valence-corrected chi connectivity index (χ3v) is 4.27. The molecular weight excluding hydrogens is 320 g/mol. The van der Waals surface area contributed by atoms with Crippen molar-refractivity contribution in [2.75, 3.05) is 19.6 Å². The van der Waals surface area contributed by atoms with E-state index in [0.29, 0.717) is 30.8 Å². The Morgan fingerprint density at radius 3 is 2.70 bits per heavy atom. The summed E-state index contributed by atoms with van der Waals surface area (Å²) in [6, 6.07) is 2.61. The Hall–Kier alpha value is -1.95. The lowest BCUT2D eigenvalue weighted by molar-refractivity contribution is 0.00657. The van der Waals surface area contributed by atoms with E-state index in [9.17, 15) is 14.7 Å². The quantitative estimate of drug-likeness (QED) is 0.789. The number of aromatic hydroxyl groups is 1. The number of halogens is 1. The molecule has 6 nitrogen and oxygen atoms in total. The fourth-order valence-electron chi connectivity index (χ4n) is 3.03. The summed E-state index contributed by atoms with van der Waals surface area (Å²) in [7, 11) is 0. The minimum atomic E-state index is -0.570. The van der Waals surface area contributed by atoms with Gasteiger partial charge in [-0.2, -0.15) is 0 Å². The lowest BCUT2D eigenvalue weighted by Gasteiger charge is -2.38. The molecule has 1 fully saturated rings. The molecule has 0 spiro atoms. The average molecular weight is 339 g/mol. The number of phenolic OH excluding ortho intramolecular Hbond substituents is 1. The molecule has 2 heterocycles. The van der Waals surface area contributed by atoms with Gasteiger partial charge in [-0.15, -0.1) is 0 Å². The Morgan fingerprint density at radius 2 is 2.04 bits per heavy atom. The lowest BCUT2D eigenvalue weighted by Crippen LogP contribution is -2.50. The second-order valence-corrected chi connectivity index (χ2v) is 7.24. The Balaban J connectivity index is 1.87. The van der Waals surface area contributed by atoms with Gasteiger partial charge in [0.05, 0.1) is 16.6 Å². The number of phenols is 1. The van der Waals surface area contributed by atoms with E-state index in [0.717, 1.165) is 0 Å². The molecule has 2 aliphatic heterocycles. The molecule has 0 radical (unpaired) electrons. The first-order valence-electron chi connectivity index (χ1n) is 7.48. The van der Waals surface area contributed by atoms with Gasteiger partial charge in [0, 0.05) is 19.6 Å². The highest BCUT2D eigenvalue weighted by molar-refractivity contribution is 6.34. The predicted octanol–water partition coefficient (Wildman–Crippen LogP) is 2.79. The van der Waals surface area contributed by atoms with Gasteiger partial charge in [-0.3, -0.25) is 4.79 Å². The van der Waals surface area contributed by atoms with Gasteiger partial charge in [0.25, 0.3) is 5.91 Å². The molecule has 3 rings (SSSR count). The fraction of sp³-hybridized carbons (Fsp3) is 0.500. The summed E-state index contributed by atoms with van der Waals surface area (Å²) in [6.45, 7) is 6.59. The van der Waals surface area contributed by atoms with Gasteiger partial charge >= 0.3 is 6.09 Å². The Labute approximate surface area is 139 Å². The van der Waals surface area contributed by atoms with Crippen LogP contribution in [0.5, 0.6) is 5.75 Å². The van der Waals surface area contributed by atoms with Crippen molar-refractivity contribution < 1.29 is 19.4 Å². The van der Waals surface area contributed by atoms with Crippen LogP contribution in [0.25, 0.3) is 0 Å². The molecule has 124 valence electrons. The second kappa shape index (κ2) is 5.30. The Morgan fingerprint density at radius 1 is 1.35 bits per heavy atom. The summed E-state index contributed by atoms with van der Waals surface area (Å²) in [5, 5.41) is 10.0. The summed E-state index contributed by atoms with van der Waals surface area (Å²) in [4.78, 5) is 28.0. The molecule has 0 bridgehead atoms. The van der Waals surface area contributed by atoms with E-state index in [1.54, 1.807) is 15.9 Å². The zero-order valence-corrected chi connectivity index (χ0v) is 14.1. The molecule has 23 heavy (non-hydrogen) atoms. The summed E-state index contributed by atoms with van der Waals surface area (Å²) in [5.41, 5.74) is 0.507. The molecule has 1 aromatic rings. The van der Waals surface area contributed by atoms with Crippen LogP contribution in [0.15, 0.2) is 12.1 Å². The zero-order chi connectivity index (χ0) is 16.9. The minimum Gasteiger partial charge on any atom is -0.508 e. The number of fused-ring (bicyclic) bond motifs is 3. The topological polar surface area (TPSA) is 70.1 Å². The number of carbonyl (C=O) groups excluding carboxylic acids is 2. The molecule has 0 unspecified atom stereocenters. The van der Waals surface area contributed by atoms with Crippen LogP contribution in [0.1, 0.15) is 42.7 Å². The number of hydrogen-bond donors (Lipinski definition) is 1. The van der Waals surface area contributed by atoms with Crippen LogP contribution in [0, 0.1) is 0 Å². The number of ether oxygens (including phenoxy) is 1. The van der Waals surface area contributed by atoms with Crippen molar-refractivity contribution in [3.63, 3.8) is 0 Å². The maximum Gasteiger partial charge on any atom is 0.410 e. The standard InChI is InChI=1S/C16H19ClN2O4/c1-16(2,3)23-15(22)18-4-5-19-12(8-18)10-6-9(20)7-11(17)13(10)14(19)21/h6-7,12,20H,4-5,8H2,1-3H3/t12-/m0/s1. The van der Waals surface area contributed by atoms with Crippen LogP contribution in [-0.2, 0) is 4.74 Å². The zero-order valence-electron chi connectivity index (χ0n) is 13.3. The summed E-state index contributed by atoms with van der Waals surface area (Å²) < 4.78 is 5.40. The lowest BCUT2D eigenvalue weighted by atomic mass is 10.0. The number of benzene rings is 1. The molecular formula is C16H19ClN2O4. The molecule has 0 aliphatic carbocycles. The molecule has 1 aromatic carbocycles. The summed E-state index contributed by atoms with van der Waals surface area (Å²) in [6.07, 6.45) is -0.399. The molecule has 0 aromatic heterocycles. The van der Waals surface area contributed by atoms with Crippen LogP contribution in [-0.4, -0.2) is 52.1 Å². The van der Waals surface area contributed by atoms with Crippen LogP contribution >= 0.6 is 11.6 Å². The Kier molecular flexibility index (Phi) is 3.67. The second-order valence-electron chi connectivity index (χ2n) is 6.83. The monoisotopic (exact) mass is 338 g/mol. The highest BCUT2D eigenvalue weighted by atomic mass is 35.5. The van der Waals surface area contributed by atoms with Crippen LogP contribution in [0.2, 0.25) is 5.02 Å². The van der Waals surface area contributed by atoms with Crippen LogP contribution in [0.3, 0.4) is 0 Å². The van der Waals surface area contributed by atoms with Gasteiger partial charge in [0.1, 0.15) is 11.4 Å². The number of carbonyl (C=O) groups is 2. The summed E-state index contributed by atoms with van der Waals surface area (Å²) >= 11 is 6.11. The van der Waals surface area contributed by atoms with E-state index < -0.39 is 11.7 Å². The van der Waals surface area contributed by atoms with Gasteiger partial charge in [-0.1, -0.05) is 11.6 Å². The molecule has 1 N–H and O–H groups in total. The van der Waals surface area contributed by atoms with E-state index in [-0.39, 0.29) is 22.7 Å². The molecule has 7 heteroatoms. The van der Waals surface area contributed by atoms with Crippen molar-refractivity contribution in [3.8, 4) is 5.75 Å². The van der Waals surface area contributed by atoms with Gasteiger partial charge < -0.3 is 19.6 Å². The van der Waals surface area contributed by atoms with Gasteiger partial charge in [0.15, 0.2) is 0 Å². The number of rotatable bonds is 0. The van der Waals surface area contributed by atoms with Gasteiger partial charge in [-0.05, 0) is 38.5 Å². The van der Waals surface area contributed by atoms with E-state index in [2.05, 4.69) is 0 Å². The van der Waals surface area contributed by atoms with E-state index in [1.165, 1.54) is 6.07 Å². The van der Waals surface area contributed by atoms with E-state index in [4.69, 9.17) is 16.3 Å². The van der Waals surface area contributed by atoms with Crippen molar-refractivity contribution in [1.82, 2.24) is 9.80 Å². The maximum atomic E-state index is 12.5. The van der Waals surface area contributed by atoms with Crippen LogP contribution < -0.4 is 0 Å². The number of nitrogens with zero attached hydrogens (tertiary/aromatic N) is 2. The first-order chi connectivity index (χ1) is 10.7. The highest BCUT2D eigenvalue weighted by Gasteiger charge is 2.43. The number of piperazine rings is 1. The van der Waals surface area contributed by atoms with Crippen molar-refractivity contribution in [3.05, 3.63) is 28.3 Å². The predicted molar refractivity (Wildman–Crippen MR) is 84.7 cm³/mol. The largest absolute Gasteiger partial charge is 0.508 e. The van der Waals surface area contributed by atoms with Gasteiger partial charge in [0.2, 0.25) is 0 Å². The molecule has 1 saturated heterocycles. The fourth-order valence-corrected chi connectivity index (χ4v) is 3.33. The van der Waals surface area contributed by atoms with E-state index >= 15 is 0 Å². The SMILES string of the molecule is CC(C)(C)OC(=O)N1CCN2C(=O)c3c(Cl)cc(O)cc3[C@@H]2C1. The van der Waals surface area contributed by atoms with Gasteiger partial charge in [-0.25, -0.2) is 4.79 Å². The summed E-state index contributed by atoms with van der Waals surface area (Å²) in [5.74, 6) is -0.142.